The van der Waals surface area contributed by atoms with Crippen LogP contribution in [0.1, 0.15) is 51.0 Å². The highest BCUT2D eigenvalue weighted by Gasteiger charge is 2.34. The number of hydrogen-bond donors (Lipinski definition) is 0. The van der Waals surface area contributed by atoms with Gasteiger partial charge in [-0.1, -0.05) is 51.2 Å². The van der Waals surface area contributed by atoms with E-state index in [1.54, 1.807) is 24.3 Å². The molecule has 0 fully saturated rings. The van der Waals surface area contributed by atoms with Crippen molar-refractivity contribution in [3.8, 4) is 16.9 Å². The summed E-state index contributed by atoms with van der Waals surface area (Å²) in [7, 11) is 0. The van der Waals surface area contributed by atoms with Crippen LogP contribution in [-0.4, -0.2) is 6.61 Å². The van der Waals surface area contributed by atoms with Gasteiger partial charge in [0, 0.05) is 0 Å². The van der Waals surface area contributed by atoms with E-state index in [0.717, 1.165) is 25.0 Å². The summed E-state index contributed by atoms with van der Waals surface area (Å²) in [6.07, 6.45) is 7.04. The van der Waals surface area contributed by atoms with E-state index in [1.165, 1.54) is 25.7 Å². The first-order chi connectivity index (χ1) is 12.8. The maximum absolute atomic E-state index is 13.9. The SMILES string of the molecule is CCCCCCCCOc1ccc(-c2cc(F)c(C(F)(F)Br)c(F)c2)cc1. The predicted octanol–water partition coefficient (Wildman–Crippen LogP) is 7.82. The molecule has 1 nitrogen and oxygen atoms in total. The number of hydrogen-bond acceptors (Lipinski definition) is 1. The fourth-order valence-electron chi connectivity index (χ4n) is 2.83. The van der Waals surface area contributed by atoms with E-state index < -0.39 is 22.0 Å². The summed E-state index contributed by atoms with van der Waals surface area (Å²) >= 11 is 2.00. The summed E-state index contributed by atoms with van der Waals surface area (Å²) in [5.74, 6) is -1.93. The third-order valence-corrected chi connectivity index (χ3v) is 4.68. The fraction of sp³-hybridized carbons (Fsp3) is 0.429. The van der Waals surface area contributed by atoms with Crippen LogP contribution in [0, 0.1) is 11.6 Å². The van der Waals surface area contributed by atoms with Gasteiger partial charge in [-0.05, 0) is 57.7 Å². The lowest BCUT2D eigenvalue weighted by Gasteiger charge is -2.13. The molecule has 2 rings (SSSR count). The molecule has 0 atom stereocenters. The van der Waals surface area contributed by atoms with Crippen LogP contribution in [0.2, 0.25) is 0 Å². The highest BCUT2D eigenvalue weighted by molar-refractivity contribution is 9.09. The van der Waals surface area contributed by atoms with Gasteiger partial charge in [-0.3, -0.25) is 0 Å². The molecule has 27 heavy (non-hydrogen) atoms. The number of benzene rings is 2. The minimum Gasteiger partial charge on any atom is -0.494 e. The van der Waals surface area contributed by atoms with Gasteiger partial charge < -0.3 is 4.74 Å². The molecule has 148 valence electrons. The van der Waals surface area contributed by atoms with E-state index in [0.29, 0.717) is 17.9 Å². The molecule has 0 amide bonds. The molecule has 0 aromatic heterocycles. The van der Waals surface area contributed by atoms with Gasteiger partial charge in [0.25, 0.3) is 0 Å². The minimum absolute atomic E-state index is 0.188. The molecule has 2 aromatic rings. The second kappa shape index (κ2) is 10.1. The van der Waals surface area contributed by atoms with Gasteiger partial charge >= 0.3 is 4.83 Å². The van der Waals surface area contributed by atoms with Crippen molar-refractivity contribution >= 4 is 15.9 Å². The highest BCUT2D eigenvalue weighted by atomic mass is 79.9. The number of unbranched alkanes of at least 4 members (excludes halogenated alkanes) is 5. The number of rotatable bonds is 10. The van der Waals surface area contributed by atoms with Crippen molar-refractivity contribution in [2.24, 2.45) is 0 Å². The molecule has 0 bridgehead atoms. The zero-order chi connectivity index (χ0) is 19.9. The molecule has 0 heterocycles. The van der Waals surface area contributed by atoms with Gasteiger partial charge in [0.05, 0.1) is 6.61 Å². The van der Waals surface area contributed by atoms with Crippen molar-refractivity contribution in [3.63, 3.8) is 0 Å². The molecular formula is C21H23BrF4O. The first-order valence-corrected chi connectivity index (χ1v) is 9.91. The summed E-state index contributed by atoms with van der Waals surface area (Å²) in [6.45, 7) is 2.80. The predicted molar refractivity (Wildman–Crippen MR) is 103 cm³/mol. The maximum atomic E-state index is 13.9. The van der Waals surface area contributed by atoms with Crippen LogP contribution in [-0.2, 0) is 4.83 Å². The van der Waals surface area contributed by atoms with Gasteiger partial charge in [-0.2, -0.15) is 8.78 Å². The quantitative estimate of drug-likeness (QED) is 0.205. The molecule has 0 saturated carbocycles. The minimum atomic E-state index is -3.76. The lowest BCUT2D eigenvalue weighted by atomic mass is 10.0. The first-order valence-electron chi connectivity index (χ1n) is 9.12. The number of halogens is 5. The third kappa shape index (κ3) is 6.52. The lowest BCUT2D eigenvalue weighted by molar-refractivity contribution is 0.105. The van der Waals surface area contributed by atoms with Gasteiger partial charge in [0.15, 0.2) is 0 Å². The van der Waals surface area contributed by atoms with Crippen LogP contribution in [0.3, 0.4) is 0 Å². The molecule has 0 N–H and O–H groups in total. The second-order valence-electron chi connectivity index (χ2n) is 6.45. The maximum Gasteiger partial charge on any atom is 0.332 e. The van der Waals surface area contributed by atoms with Gasteiger partial charge in [-0.15, -0.1) is 0 Å². The Morgan fingerprint density at radius 3 is 1.96 bits per heavy atom. The van der Waals surface area contributed by atoms with Crippen molar-refractivity contribution in [3.05, 3.63) is 53.6 Å². The van der Waals surface area contributed by atoms with E-state index >= 15 is 0 Å². The summed E-state index contributed by atoms with van der Waals surface area (Å²) < 4.78 is 59.9. The summed E-state index contributed by atoms with van der Waals surface area (Å²) in [5, 5.41) is 0. The summed E-state index contributed by atoms with van der Waals surface area (Å²) in [4.78, 5) is -3.76. The van der Waals surface area contributed by atoms with E-state index in [4.69, 9.17) is 4.74 Å². The summed E-state index contributed by atoms with van der Waals surface area (Å²) in [5.41, 5.74) is -0.581. The van der Waals surface area contributed by atoms with Crippen molar-refractivity contribution in [1.82, 2.24) is 0 Å². The summed E-state index contributed by atoms with van der Waals surface area (Å²) in [6, 6.07) is 8.51. The van der Waals surface area contributed by atoms with Crippen molar-refractivity contribution in [2.75, 3.05) is 6.61 Å². The fourth-order valence-corrected chi connectivity index (χ4v) is 3.21. The van der Waals surface area contributed by atoms with Crippen LogP contribution in [0.4, 0.5) is 17.6 Å². The van der Waals surface area contributed by atoms with E-state index in [9.17, 15) is 17.6 Å². The Morgan fingerprint density at radius 1 is 0.852 bits per heavy atom. The van der Waals surface area contributed by atoms with Gasteiger partial charge in [0.1, 0.15) is 22.9 Å². The zero-order valence-corrected chi connectivity index (χ0v) is 16.8. The van der Waals surface area contributed by atoms with Gasteiger partial charge in [-0.25, -0.2) is 8.78 Å². The average molecular weight is 447 g/mol. The van der Waals surface area contributed by atoms with Crippen molar-refractivity contribution in [2.45, 2.75) is 50.3 Å². The Morgan fingerprint density at radius 2 is 1.41 bits per heavy atom. The Bertz CT molecular complexity index is 703. The average Bonchev–Trinajstić information content (AvgIpc) is 2.59. The van der Waals surface area contributed by atoms with E-state index in [1.807, 2.05) is 15.9 Å². The molecule has 0 unspecified atom stereocenters. The molecule has 0 aliphatic carbocycles. The number of alkyl halides is 3. The Labute approximate surface area is 165 Å². The van der Waals surface area contributed by atoms with E-state index in [-0.39, 0.29) is 5.56 Å². The van der Waals surface area contributed by atoms with Crippen LogP contribution in [0.25, 0.3) is 11.1 Å². The molecule has 2 aromatic carbocycles. The van der Waals surface area contributed by atoms with Crippen LogP contribution in [0.5, 0.6) is 5.75 Å². The molecule has 0 saturated heterocycles. The Hall–Kier alpha value is -1.56. The highest BCUT2D eigenvalue weighted by Crippen LogP contribution is 2.39. The largest absolute Gasteiger partial charge is 0.494 e. The molecule has 0 radical (unpaired) electrons. The third-order valence-electron chi connectivity index (χ3n) is 4.28. The molecule has 0 aliphatic rings. The Kier molecular flexibility index (Phi) is 8.14. The van der Waals surface area contributed by atoms with Gasteiger partial charge in [0.2, 0.25) is 0 Å². The Balaban J connectivity index is 1.95. The van der Waals surface area contributed by atoms with Crippen molar-refractivity contribution in [1.29, 1.82) is 0 Å². The van der Waals surface area contributed by atoms with Crippen LogP contribution < -0.4 is 4.74 Å². The standard InChI is InChI=1S/C21H23BrF4O/c1-2-3-4-5-6-7-12-27-17-10-8-15(9-11-17)16-13-18(23)20(19(24)14-16)21(22,25)26/h8-11,13-14H,2-7,12H2,1H3. The topological polar surface area (TPSA) is 9.23 Å². The van der Waals surface area contributed by atoms with Crippen LogP contribution >= 0.6 is 15.9 Å². The molecule has 0 spiro atoms. The molecular weight excluding hydrogens is 424 g/mol. The first kappa shape index (κ1) is 21.7. The monoisotopic (exact) mass is 446 g/mol. The van der Waals surface area contributed by atoms with Crippen molar-refractivity contribution < 1.29 is 22.3 Å². The zero-order valence-electron chi connectivity index (χ0n) is 15.2. The van der Waals surface area contributed by atoms with E-state index in [2.05, 4.69) is 6.92 Å². The molecule has 0 aliphatic heterocycles. The number of ether oxygens (including phenoxy) is 1. The van der Waals surface area contributed by atoms with Crippen LogP contribution in [0.15, 0.2) is 36.4 Å². The molecule has 6 heteroatoms. The smallest absolute Gasteiger partial charge is 0.332 e. The lowest BCUT2D eigenvalue weighted by Crippen LogP contribution is -2.09. The second-order valence-corrected chi connectivity index (χ2v) is 7.45. The normalized spacial score (nSPS) is 11.6.